The van der Waals surface area contributed by atoms with E-state index >= 15 is 0 Å². The van der Waals surface area contributed by atoms with Crippen molar-refractivity contribution in [2.75, 3.05) is 7.11 Å². The van der Waals surface area contributed by atoms with Crippen LogP contribution in [0.3, 0.4) is 0 Å². The van der Waals surface area contributed by atoms with Crippen molar-refractivity contribution in [2.45, 2.75) is 57.9 Å². The molecule has 22 heavy (non-hydrogen) atoms. The molecule has 0 heterocycles. The van der Waals surface area contributed by atoms with E-state index in [1.54, 1.807) is 6.08 Å². The van der Waals surface area contributed by atoms with Gasteiger partial charge < -0.3 is 14.8 Å². The monoisotopic (exact) mass is 310 g/mol. The highest BCUT2D eigenvalue weighted by atomic mass is 16.5. The second-order valence-electron chi connectivity index (χ2n) is 5.21. The average molecular weight is 310 g/mol. The summed E-state index contributed by atoms with van der Waals surface area (Å²) in [5.41, 5.74) is 9.12. The number of esters is 1. The fourth-order valence-corrected chi connectivity index (χ4v) is 2.30. The van der Waals surface area contributed by atoms with Crippen LogP contribution in [0.25, 0.3) is 10.4 Å². The summed E-state index contributed by atoms with van der Waals surface area (Å²) in [7, 11) is 1.29. The minimum absolute atomic E-state index is 0.0683. The van der Waals surface area contributed by atoms with Crippen molar-refractivity contribution in [2.24, 2.45) is 5.11 Å². The van der Waals surface area contributed by atoms with Crippen molar-refractivity contribution in [1.82, 2.24) is 5.32 Å². The molecule has 0 spiro atoms. The van der Waals surface area contributed by atoms with E-state index in [0.717, 1.165) is 6.42 Å². The van der Waals surface area contributed by atoms with Gasteiger partial charge in [0.2, 0.25) is 5.91 Å². The molecule has 0 unspecified atom stereocenters. The van der Waals surface area contributed by atoms with Gasteiger partial charge in [-0.05, 0) is 31.4 Å². The lowest BCUT2D eigenvalue weighted by Gasteiger charge is -2.35. The van der Waals surface area contributed by atoms with Crippen LogP contribution in [0.4, 0.5) is 0 Å². The van der Waals surface area contributed by atoms with E-state index in [2.05, 4.69) is 15.3 Å². The van der Waals surface area contributed by atoms with E-state index in [1.165, 1.54) is 14.0 Å². The average Bonchev–Trinajstić information content (AvgIpc) is 2.48. The van der Waals surface area contributed by atoms with Gasteiger partial charge in [-0.1, -0.05) is 12.0 Å². The number of carbonyl (C=O) groups excluding carboxylic acids is 2. The number of ether oxygens (including phenoxy) is 2. The topological polar surface area (TPSA) is 113 Å². The maximum atomic E-state index is 11.8. The number of rotatable bonds is 6. The molecule has 4 atom stereocenters. The minimum Gasteiger partial charge on any atom is -0.466 e. The molecular weight excluding hydrogens is 288 g/mol. The zero-order valence-electron chi connectivity index (χ0n) is 13.3. The lowest BCUT2D eigenvalue weighted by Crippen LogP contribution is -2.53. The van der Waals surface area contributed by atoms with Gasteiger partial charge in [-0.2, -0.15) is 0 Å². The number of azide groups is 1. The van der Waals surface area contributed by atoms with E-state index in [1.807, 2.05) is 13.8 Å². The molecule has 1 amide bonds. The Balaban J connectivity index is 3.15. The number of carbonyl (C=O) groups is 2. The van der Waals surface area contributed by atoms with Crippen molar-refractivity contribution in [3.63, 3.8) is 0 Å². The summed E-state index contributed by atoms with van der Waals surface area (Å²) < 4.78 is 10.6. The van der Waals surface area contributed by atoms with Gasteiger partial charge >= 0.3 is 5.97 Å². The van der Waals surface area contributed by atoms with E-state index < -0.39 is 24.2 Å². The van der Waals surface area contributed by atoms with Crippen LogP contribution < -0.4 is 5.32 Å². The zero-order valence-corrected chi connectivity index (χ0v) is 13.3. The Bertz CT molecular complexity index is 499. The third kappa shape index (κ3) is 4.75. The highest BCUT2D eigenvalue weighted by Crippen LogP contribution is 2.26. The third-order valence-electron chi connectivity index (χ3n) is 3.54. The molecule has 1 aliphatic rings. The van der Waals surface area contributed by atoms with Crippen molar-refractivity contribution in [3.05, 3.63) is 22.1 Å². The fraction of sp³-hybridized carbons (Fsp3) is 0.714. The first kappa shape index (κ1) is 18.0. The molecule has 0 saturated heterocycles. The van der Waals surface area contributed by atoms with Crippen molar-refractivity contribution < 1.29 is 19.1 Å². The lowest BCUT2D eigenvalue weighted by molar-refractivity contribution is -0.136. The first-order valence-electron chi connectivity index (χ1n) is 7.18. The molecule has 0 bridgehead atoms. The largest absolute Gasteiger partial charge is 0.466 e. The fourth-order valence-electron chi connectivity index (χ4n) is 2.30. The summed E-state index contributed by atoms with van der Waals surface area (Å²) in [6.07, 6.45) is 1.99. The molecule has 0 aliphatic heterocycles. The molecule has 1 rings (SSSR count). The molecule has 0 aromatic rings. The highest BCUT2D eigenvalue weighted by molar-refractivity contribution is 5.89. The molecular formula is C14H22N4O4. The standard InChI is InChI=1S/C14H22N4O4/c1-5-8(2)22-12-7-10(14(20)21-4)6-11(17-18-15)13(12)16-9(3)19/h7-8,11-13H,5-6H2,1-4H3,(H,16,19)/t8-,11+,12-,13-/m1/s1. The van der Waals surface area contributed by atoms with Gasteiger partial charge in [-0.3, -0.25) is 4.79 Å². The molecule has 0 aromatic carbocycles. The van der Waals surface area contributed by atoms with Crippen LogP contribution in [0.15, 0.2) is 16.8 Å². The van der Waals surface area contributed by atoms with Crippen LogP contribution in [0.1, 0.15) is 33.6 Å². The molecule has 8 heteroatoms. The van der Waals surface area contributed by atoms with Crippen LogP contribution in [-0.2, 0) is 19.1 Å². The Morgan fingerprint density at radius 3 is 2.77 bits per heavy atom. The van der Waals surface area contributed by atoms with Crippen molar-refractivity contribution in [1.29, 1.82) is 0 Å². The highest BCUT2D eigenvalue weighted by Gasteiger charge is 2.36. The molecule has 1 aliphatic carbocycles. The molecule has 1 N–H and O–H groups in total. The van der Waals surface area contributed by atoms with E-state index in [0.29, 0.717) is 5.57 Å². The molecule has 0 saturated carbocycles. The maximum absolute atomic E-state index is 11.8. The Kier molecular flexibility index (Phi) is 6.88. The Labute approximate surface area is 129 Å². The van der Waals surface area contributed by atoms with Gasteiger partial charge in [0.1, 0.15) is 0 Å². The van der Waals surface area contributed by atoms with Crippen LogP contribution in [0.2, 0.25) is 0 Å². The predicted octanol–water partition coefficient (Wildman–Crippen LogP) is 1.86. The zero-order chi connectivity index (χ0) is 16.7. The Morgan fingerprint density at radius 1 is 1.59 bits per heavy atom. The van der Waals surface area contributed by atoms with Gasteiger partial charge in [0, 0.05) is 17.4 Å². The van der Waals surface area contributed by atoms with E-state index in [-0.39, 0.29) is 18.4 Å². The first-order chi connectivity index (χ1) is 10.4. The molecule has 0 aromatic heterocycles. The summed E-state index contributed by atoms with van der Waals surface area (Å²) >= 11 is 0. The number of hydrogen-bond acceptors (Lipinski definition) is 5. The smallest absolute Gasteiger partial charge is 0.333 e. The van der Waals surface area contributed by atoms with E-state index in [4.69, 9.17) is 15.0 Å². The first-order valence-corrected chi connectivity index (χ1v) is 7.18. The van der Waals surface area contributed by atoms with Crippen LogP contribution >= 0.6 is 0 Å². The lowest BCUT2D eigenvalue weighted by atomic mass is 9.88. The van der Waals surface area contributed by atoms with Crippen LogP contribution in [0.5, 0.6) is 0 Å². The van der Waals surface area contributed by atoms with Crippen molar-refractivity contribution in [3.8, 4) is 0 Å². The predicted molar refractivity (Wildman–Crippen MR) is 79.9 cm³/mol. The third-order valence-corrected chi connectivity index (χ3v) is 3.54. The van der Waals surface area contributed by atoms with Gasteiger partial charge in [0.05, 0.1) is 31.4 Å². The van der Waals surface area contributed by atoms with Gasteiger partial charge in [0.15, 0.2) is 0 Å². The van der Waals surface area contributed by atoms with Gasteiger partial charge in [-0.25, -0.2) is 4.79 Å². The Morgan fingerprint density at radius 2 is 2.27 bits per heavy atom. The summed E-state index contributed by atoms with van der Waals surface area (Å²) in [4.78, 5) is 26.0. The number of nitrogens with zero attached hydrogens (tertiary/aromatic N) is 3. The molecule has 0 radical (unpaired) electrons. The maximum Gasteiger partial charge on any atom is 0.333 e. The molecule has 8 nitrogen and oxygen atoms in total. The van der Waals surface area contributed by atoms with Crippen LogP contribution in [-0.4, -0.2) is 43.3 Å². The summed E-state index contributed by atoms with van der Waals surface area (Å²) in [5, 5.41) is 6.45. The Hall–Kier alpha value is -2.05. The SMILES string of the molecule is CC[C@@H](C)O[C@@H]1C=C(C(=O)OC)C[C@H](N=[N+]=[N-])[C@H]1NC(C)=O. The quantitative estimate of drug-likeness (QED) is 0.349. The normalized spacial score (nSPS) is 25.5. The number of amides is 1. The number of methoxy groups -OCH3 is 1. The van der Waals surface area contributed by atoms with Gasteiger partial charge in [-0.15, -0.1) is 0 Å². The second kappa shape index (κ2) is 8.41. The molecule has 0 fully saturated rings. The summed E-state index contributed by atoms with van der Waals surface area (Å²) in [5.74, 6) is -0.743. The van der Waals surface area contributed by atoms with Crippen LogP contribution in [0, 0.1) is 0 Å². The van der Waals surface area contributed by atoms with Gasteiger partial charge in [0.25, 0.3) is 0 Å². The number of nitrogens with one attached hydrogen (secondary N) is 1. The summed E-state index contributed by atoms with van der Waals surface area (Å²) in [6, 6.07) is -1.13. The minimum atomic E-state index is -0.609. The molecule has 122 valence electrons. The van der Waals surface area contributed by atoms with Crippen molar-refractivity contribution >= 4 is 11.9 Å². The van der Waals surface area contributed by atoms with E-state index in [9.17, 15) is 9.59 Å². The number of hydrogen-bond donors (Lipinski definition) is 1. The second-order valence-corrected chi connectivity index (χ2v) is 5.21. The summed E-state index contributed by atoms with van der Waals surface area (Å²) in [6.45, 7) is 5.25.